The van der Waals surface area contributed by atoms with E-state index in [4.69, 9.17) is 15.0 Å². The molecule has 5 heteroatoms. The Morgan fingerprint density at radius 1 is 0.274 bits per heavy atom. The molecule has 12 aromatic rings. The largest absolute Gasteiger partial charge is 0.307 e. The van der Waals surface area contributed by atoms with Gasteiger partial charge in [0.25, 0.3) is 0 Å². The highest BCUT2D eigenvalue weighted by atomic mass is 15.2. The third-order valence-corrected chi connectivity index (χ3v) is 12.0. The minimum absolute atomic E-state index is 0.556. The van der Waals surface area contributed by atoms with E-state index in [1.165, 1.54) is 21.9 Å². The van der Waals surface area contributed by atoms with Crippen LogP contribution in [0, 0.1) is 0 Å². The molecule has 0 aliphatic carbocycles. The number of benzene rings is 9. The van der Waals surface area contributed by atoms with Crippen molar-refractivity contribution in [1.29, 1.82) is 0 Å². The number of para-hydroxylation sites is 3. The van der Waals surface area contributed by atoms with Gasteiger partial charge in [-0.05, 0) is 69.8 Å². The van der Waals surface area contributed by atoms with Gasteiger partial charge in [0.05, 0.1) is 22.1 Å². The predicted octanol–water partition coefficient (Wildman–Crippen LogP) is 14.4. The van der Waals surface area contributed by atoms with E-state index in [0.29, 0.717) is 17.6 Å². The molecule has 5 nitrogen and oxygen atoms in total. The van der Waals surface area contributed by atoms with E-state index >= 15 is 0 Å². The van der Waals surface area contributed by atoms with Crippen molar-refractivity contribution in [3.8, 4) is 67.8 Å². The summed E-state index contributed by atoms with van der Waals surface area (Å²) in [5.74, 6) is 1.76. The molecule has 0 unspecified atom stereocenters. The first-order chi connectivity index (χ1) is 30.8. The van der Waals surface area contributed by atoms with Gasteiger partial charge >= 0.3 is 0 Å². The lowest BCUT2D eigenvalue weighted by molar-refractivity contribution is 0.953. The molecule has 0 saturated carbocycles. The van der Waals surface area contributed by atoms with E-state index in [2.05, 4.69) is 215 Å². The zero-order chi connectivity index (χ0) is 41.0. The summed E-state index contributed by atoms with van der Waals surface area (Å²) in [4.78, 5) is 16.0. The fourth-order valence-corrected chi connectivity index (χ4v) is 9.17. The molecule has 0 atom stereocenters. The fraction of sp³-hybridized carbons (Fsp3) is 0. The van der Waals surface area contributed by atoms with Crippen LogP contribution in [0.4, 0.5) is 0 Å². The standard InChI is InChI=1S/C57H37N5/c1-4-18-38(19-5-1)40-22-16-23-41(36-40)45-28-10-11-29-46(45)42-24-17-25-43(37-42)56-58-55(39-20-6-2-7-21-39)59-57(60-56)62-52-33-15-13-31-48(52)50-35-34-49-47-30-12-14-32-51(47)61(53(49)54(50)62)44-26-8-3-9-27-44/h1-37H. The summed E-state index contributed by atoms with van der Waals surface area (Å²) in [7, 11) is 0. The third kappa shape index (κ3) is 5.90. The van der Waals surface area contributed by atoms with Crippen molar-refractivity contribution < 1.29 is 0 Å². The highest BCUT2D eigenvalue weighted by Crippen LogP contribution is 2.42. The molecule has 3 heterocycles. The Kier molecular flexibility index (Phi) is 8.42. The van der Waals surface area contributed by atoms with Crippen LogP contribution in [0.25, 0.3) is 111 Å². The Balaban J connectivity index is 1.09. The second kappa shape index (κ2) is 14.7. The molecule has 0 fully saturated rings. The SMILES string of the molecule is c1ccc(-c2cccc(-c3ccccc3-c3cccc(-c4nc(-c5ccccc5)nc(-n5c6ccccc6c6ccc7c8ccccc8n(-c8ccccc8)c7c65)n4)c3)c2)cc1. The first-order valence-electron chi connectivity index (χ1n) is 21.0. The second-order valence-electron chi connectivity index (χ2n) is 15.6. The van der Waals surface area contributed by atoms with Crippen LogP contribution in [-0.4, -0.2) is 24.1 Å². The van der Waals surface area contributed by atoms with Crippen LogP contribution in [-0.2, 0) is 0 Å². The van der Waals surface area contributed by atoms with Crippen molar-refractivity contribution in [3.63, 3.8) is 0 Å². The maximum absolute atomic E-state index is 5.43. The van der Waals surface area contributed by atoms with Crippen LogP contribution in [0.3, 0.4) is 0 Å². The molecule has 0 bridgehead atoms. The maximum Gasteiger partial charge on any atom is 0.238 e. The summed E-state index contributed by atoms with van der Waals surface area (Å²) in [5.41, 5.74) is 14.1. The van der Waals surface area contributed by atoms with Gasteiger partial charge in [0.2, 0.25) is 5.95 Å². The van der Waals surface area contributed by atoms with Crippen molar-refractivity contribution in [2.45, 2.75) is 0 Å². The minimum atomic E-state index is 0.556. The molecule has 0 aliphatic rings. The van der Waals surface area contributed by atoms with Gasteiger partial charge in [-0.3, -0.25) is 4.57 Å². The number of rotatable bonds is 7. The first kappa shape index (κ1) is 35.5. The summed E-state index contributed by atoms with van der Waals surface area (Å²) < 4.78 is 4.64. The lowest BCUT2D eigenvalue weighted by Gasteiger charge is -2.14. The van der Waals surface area contributed by atoms with Crippen LogP contribution in [0.2, 0.25) is 0 Å². The van der Waals surface area contributed by atoms with E-state index in [9.17, 15) is 0 Å². The van der Waals surface area contributed by atoms with Gasteiger partial charge < -0.3 is 4.57 Å². The summed E-state index contributed by atoms with van der Waals surface area (Å²) in [6.45, 7) is 0. The molecule has 62 heavy (non-hydrogen) atoms. The molecular weight excluding hydrogens is 755 g/mol. The summed E-state index contributed by atoms with van der Waals surface area (Å²) in [6.07, 6.45) is 0. The van der Waals surface area contributed by atoms with Gasteiger partial charge in [-0.15, -0.1) is 0 Å². The van der Waals surface area contributed by atoms with E-state index < -0.39 is 0 Å². The number of fused-ring (bicyclic) bond motifs is 7. The summed E-state index contributed by atoms with van der Waals surface area (Å²) in [5, 5.41) is 4.62. The van der Waals surface area contributed by atoms with Crippen molar-refractivity contribution in [3.05, 3.63) is 224 Å². The number of hydrogen-bond donors (Lipinski definition) is 0. The van der Waals surface area contributed by atoms with Gasteiger partial charge in [-0.2, -0.15) is 9.97 Å². The van der Waals surface area contributed by atoms with Crippen molar-refractivity contribution in [1.82, 2.24) is 24.1 Å². The number of aromatic nitrogens is 5. The third-order valence-electron chi connectivity index (χ3n) is 12.0. The highest BCUT2D eigenvalue weighted by molar-refractivity contribution is 6.23. The van der Waals surface area contributed by atoms with Gasteiger partial charge in [-0.1, -0.05) is 188 Å². The normalized spacial score (nSPS) is 11.5. The molecule has 0 spiro atoms. The highest BCUT2D eigenvalue weighted by Gasteiger charge is 2.23. The van der Waals surface area contributed by atoms with Gasteiger partial charge in [0.1, 0.15) is 0 Å². The average molecular weight is 792 g/mol. The number of nitrogens with zero attached hydrogens (tertiary/aromatic N) is 5. The molecule has 0 aliphatic heterocycles. The van der Waals surface area contributed by atoms with Gasteiger partial charge in [0, 0.05) is 38.4 Å². The second-order valence-corrected chi connectivity index (χ2v) is 15.6. The van der Waals surface area contributed by atoms with Crippen LogP contribution in [0.1, 0.15) is 0 Å². The van der Waals surface area contributed by atoms with E-state index in [1.807, 2.05) is 18.2 Å². The molecule has 12 rings (SSSR count). The maximum atomic E-state index is 5.43. The molecule has 0 amide bonds. The quantitative estimate of drug-likeness (QED) is 0.162. The monoisotopic (exact) mass is 791 g/mol. The van der Waals surface area contributed by atoms with Crippen LogP contribution in [0.5, 0.6) is 0 Å². The van der Waals surface area contributed by atoms with Gasteiger partial charge in [0.15, 0.2) is 11.6 Å². The number of hydrogen-bond acceptors (Lipinski definition) is 3. The van der Waals surface area contributed by atoms with E-state index in [0.717, 1.165) is 71.9 Å². The predicted molar refractivity (Wildman–Crippen MR) is 256 cm³/mol. The Hall–Kier alpha value is -8.41. The molecule has 0 N–H and O–H groups in total. The zero-order valence-corrected chi connectivity index (χ0v) is 33.6. The molecule has 9 aromatic carbocycles. The average Bonchev–Trinajstić information content (AvgIpc) is 3.88. The Bertz CT molecular complexity index is 3620. The first-order valence-corrected chi connectivity index (χ1v) is 21.0. The zero-order valence-electron chi connectivity index (χ0n) is 33.6. The topological polar surface area (TPSA) is 48.5 Å². The van der Waals surface area contributed by atoms with Crippen LogP contribution >= 0.6 is 0 Å². The molecular formula is C57H37N5. The lowest BCUT2D eigenvalue weighted by atomic mass is 9.92. The Morgan fingerprint density at radius 2 is 0.710 bits per heavy atom. The fourth-order valence-electron chi connectivity index (χ4n) is 9.17. The smallest absolute Gasteiger partial charge is 0.238 e. The van der Waals surface area contributed by atoms with Gasteiger partial charge in [-0.25, -0.2) is 4.98 Å². The van der Waals surface area contributed by atoms with E-state index in [-0.39, 0.29) is 0 Å². The van der Waals surface area contributed by atoms with Crippen molar-refractivity contribution in [2.75, 3.05) is 0 Å². The van der Waals surface area contributed by atoms with Crippen LogP contribution < -0.4 is 0 Å². The lowest BCUT2D eigenvalue weighted by Crippen LogP contribution is -2.07. The molecule has 0 saturated heterocycles. The minimum Gasteiger partial charge on any atom is -0.307 e. The van der Waals surface area contributed by atoms with E-state index in [1.54, 1.807) is 0 Å². The summed E-state index contributed by atoms with van der Waals surface area (Å²) in [6, 6.07) is 79.2. The van der Waals surface area contributed by atoms with Crippen LogP contribution in [0.15, 0.2) is 224 Å². The molecule has 0 radical (unpaired) electrons. The Labute approximate surface area is 358 Å². The molecule has 3 aromatic heterocycles. The summed E-state index contributed by atoms with van der Waals surface area (Å²) >= 11 is 0. The van der Waals surface area contributed by atoms with Crippen molar-refractivity contribution >= 4 is 43.6 Å². The molecule has 290 valence electrons. The van der Waals surface area contributed by atoms with Crippen molar-refractivity contribution in [2.24, 2.45) is 0 Å². The Morgan fingerprint density at radius 3 is 1.34 bits per heavy atom.